The second-order valence-electron chi connectivity index (χ2n) is 6.42. The van der Waals surface area contributed by atoms with Gasteiger partial charge in [-0.2, -0.15) is 5.10 Å². The van der Waals surface area contributed by atoms with Gasteiger partial charge in [0, 0.05) is 20.4 Å². The number of benzene rings is 1. The summed E-state index contributed by atoms with van der Waals surface area (Å²) in [5.74, 6) is -0.878. The number of ether oxygens (including phenoxy) is 2. The molecule has 11 heteroatoms. The molecule has 0 saturated carbocycles. The number of aromatic amines is 1. The van der Waals surface area contributed by atoms with Crippen LogP contribution in [-0.4, -0.2) is 50.6 Å². The van der Waals surface area contributed by atoms with Gasteiger partial charge >= 0.3 is 5.69 Å². The molecule has 1 atom stereocenters. The molecule has 1 aliphatic rings. The van der Waals surface area contributed by atoms with Gasteiger partial charge in [-0.25, -0.2) is 9.80 Å². The Labute approximate surface area is 164 Å². The number of phenols is 1. The molecule has 1 aromatic carbocycles. The molecule has 0 saturated heterocycles. The number of nitrogens with zero attached hydrogens (tertiary/aromatic N) is 3. The van der Waals surface area contributed by atoms with Crippen molar-refractivity contribution in [2.75, 3.05) is 14.2 Å². The van der Waals surface area contributed by atoms with Gasteiger partial charge in [0.25, 0.3) is 5.56 Å². The molecule has 1 aliphatic heterocycles. The Balaban J connectivity index is 2.12. The highest BCUT2D eigenvalue weighted by Crippen LogP contribution is 2.42. The molecule has 2 aromatic rings. The molecular weight excluding hydrogens is 384 g/mol. The Morgan fingerprint density at radius 1 is 1.21 bits per heavy atom. The summed E-state index contributed by atoms with van der Waals surface area (Å²) in [5.41, 5.74) is -1.12. The van der Waals surface area contributed by atoms with Crippen LogP contribution >= 0.6 is 0 Å². The summed E-state index contributed by atoms with van der Waals surface area (Å²) in [6.07, 6.45) is 0.0749. The highest BCUT2D eigenvalue weighted by molar-refractivity contribution is 6.04. The van der Waals surface area contributed by atoms with E-state index in [9.17, 15) is 24.6 Å². The lowest BCUT2D eigenvalue weighted by Crippen LogP contribution is -2.32. The molecule has 3 N–H and O–H groups in total. The minimum absolute atomic E-state index is 0.0749. The molecule has 154 valence electrons. The first kappa shape index (κ1) is 20.0. The maximum Gasteiger partial charge on any atom is 0.330 e. The molecule has 0 unspecified atom stereocenters. The largest absolute Gasteiger partial charge is 0.502 e. The summed E-state index contributed by atoms with van der Waals surface area (Å²) in [5, 5.41) is 25.8. The van der Waals surface area contributed by atoms with E-state index in [0.29, 0.717) is 5.56 Å². The molecule has 0 fully saturated rings. The number of aromatic nitrogens is 2. The van der Waals surface area contributed by atoms with E-state index in [0.717, 1.165) is 9.58 Å². The van der Waals surface area contributed by atoms with Crippen molar-refractivity contribution in [1.82, 2.24) is 14.6 Å². The fourth-order valence-corrected chi connectivity index (χ4v) is 3.19. The molecule has 2 heterocycles. The van der Waals surface area contributed by atoms with Crippen LogP contribution < -0.4 is 20.7 Å². The summed E-state index contributed by atoms with van der Waals surface area (Å²) in [4.78, 5) is 38.2. The van der Waals surface area contributed by atoms with Crippen LogP contribution in [0.5, 0.6) is 23.1 Å². The van der Waals surface area contributed by atoms with Crippen LogP contribution in [0.4, 0.5) is 0 Å². The highest BCUT2D eigenvalue weighted by atomic mass is 16.5. The lowest BCUT2D eigenvalue weighted by molar-refractivity contribution is -0.130. The van der Waals surface area contributed by atoms with Crippen LogP contribution in [0, 0.1) is 0 Å². The van der Waals surface area contributed by atoms with Crippen molar-refractivity contribution < 1.29 is 24.5 Å². The fourth-order valence-electron chi connectivity index (χ4n) is 3.19. The van der Waals surface area contributed by atoms with Gasteiger partial charge in [-0.05, 0) is 17.7 Å². The van der Waals surface area contributed by atoms with Crippen LogP contribution in [0.1, 0.15) is 30.5 Å². The zero-order chi connectivity index (χ0) is 21.5. The maximum atomic E-state index is 12.3. The van der Waals surface area contributed by atoms with Gasteiger partial charge in [-0.15, -0.1) is 0 Å². The Kier molecular flexibility index (Phi) is 5.06. The number of nitrogens with one attached hydrogen (secondary N) is 1. The van der Waals surface area contributed by atoms with E-state index < -0.39 is 29.1 Å². The third-order valence-corrected chi connectivity index (χ3v) is 4.70. The molecule has 3 rings (SSSR count). The van der Waals surface area contributed by atoms with Gasteiger partial charge in [0.1, 0.15) is 5.56 Å². The average molecular weight is 404 g/mol. The van der Waals surface area contributed by atoms with Gasteiger partial charge in [0.05, 0.1) is 26.0 Å². The number of rotatable bonds is 4. The first-order chi connectivity index (χ1) is 13.7. The summed E-state index contributed by atoms with van der Waals surface area (Å²) < 4.78 is 11.2. The Morgan fingerprint density at radius 3 is 2.31 bits per heavy atom. The third-order valence-electron chi connectivity index (χ3n) is 4.70. The van der Waals surface area contributed by atoms with E-state index in [2.05, 4.69) is 10.1 Å². The standard InChI is InChI=1S/C18H20N4O7/c1-8(23)22-11(9-5-12(28-3)15(24)13(6-9)29-4)7-10(20-22)14-16(25)19-18(27)21(2)17(14)26/h5-6,11,24,26H,7H2,1-4H3,(H,19,25,27)/t11-/m1/s1. The van der Waals surface area contributed by atoms with Crippen molar-refractivity contribution in [3.05, 3.63) is 44.1 Å². The van der Waals surface area contributed by atoms with Crippen molar-refractivity contribution in [2.24, 2.45) is 12.1 Å². The third kappa shape index (κ3) is 3.30. The molecule has 0 spiro atoms. The second-order valence-corrected chi connectivity index (χ2v) is 6.42. The van der Waals surface area contributed by atoms with Gasteiger partial charge in [-0.3, -0.25) is 19.1 Å². The number of carbonyl (C=O) groups excluding carboxylic acids is 1. The number of H-pyrrole nitrogens is 1. The number of carbonyl (C=O) groups is 1. The summed E-state index contributed by atoms with van der Waals surface area (Å²) in [6, 6.07) is 2.41. The van der Waals surface area contributed by atoms with Crippen LogP contribution in [-0.2, 0) is 11.8 Å². The van der Waals surface area contributed by atoms with Crippen molar-refractivity contribution in [1.29, 1.82) is 0 Å². The van der Waals surface area contributed by atoms with E-state index in [4.69, 9.17) is 9.47 Å². The molecule has 0 radical (unpaired) electrons. The summed E-state index contributed by atoms with van der Waals surface area (Å²) in [6.45, 7) is 1.30. The van der Waals surface area contributed by atoms with Crippen LogP contribution in [0.2, 0.25) is 0 Å². The van der Waals surface area contributed by atoms with Gasteiger partial charge in [0.15, 0.2) is 11.5 Å². The Morgan fingerprint density at radius 2 is 1.79 bits per heavy atom. The lowest BCUT2D eigenvalue weighted by atomic mass is 9.98. The number of hydrogen-bond donors (Lipinski definition) is 3. The van der Waals surface area contributed by atoms with Gasteiger partial charge in [-0.1, -0.05) is 0 Å². The summed E-state index contributed by atoms with van der Waals surface area (Å²) in [7, 11) is 4.04. The lowest BCUT2D eigenvalue weighted by Gasteiger charge is -2.22. The topological polar surface area (TPSA) is 146 Å². The number of phenolic OH excluding ortho intramolecular Hbond substituents is 1. The molecule has 1 amide bonds. The van der Waals surface area contributed by atoms with Crippen molar-refractivity contribution in [3.8, 4) is 23.1 Å². The van der Waals surface area contributed by atoms with Crippen molar-refractivity contribution >= 4 is 11.6 Å². The number of methoxy groups -OCH3 is 2. The Hall–Kier alpha value is -3.76. The Bertz CT molecular complexity index is 1110. The van der Waals surface area contributed by atoms with Gasteiger partial charge in [0.2, 0.25) is 17.5 Å². The van der Waals surface area contributed by atoms with Crippen molar-refractivity contribution in [2.45, 2.75) is 19.4 Å². The van der Waals surface area contributed by atoms with Crippen LogP contribution in [0.15, 0.2) is 26.8 Å². The SMILES string of the molecule is COc1cc([C@H]2CC(c3c(O)n(C)c(=O)[nH]c3=O)=NN2C(C)=O)cc(OC)c1O. The number of amides is 1. The zero-order valence-electron chi connectivity index (χ0n) is 16.2. The van der Waals surface area contributed by atoms with E-state index in [1.807, 2.05) is 0 Å². The molecule has 29 heavy (non-hydrogen) atoms. The number of aromatic hydroxyl groups is 2. The maximum absolute atomic E-state index is 12.3. The molecule has 0 bridgehead atoms. The van der Waals surface area contributed by atoms with Gasteiger partial charge < -0.3 is 19.7 Å². The highest BCUT2D eigenvalue weighted by Gasteiger charge is 2.35. The smallest absolute Gasteiger partial charge is 0.330 e. The zero-order valence-corrected chi connectivity index (χ0v) is 16.2. The summed E-state index contributed by atoms with van der Waals surface area (Å²) >= 11 is 0. The predicted molar refractivity (Wildman–Crippen MR) is 102 cm³/mol. The fraction of sp³-hybridized carbons (Fsp3) is 0.333. The molecule has 1 aromatic heterocycles. The minimum Gasteiger partial charge on any atom is -0.502 e. The minimum atomic E-state index is -0.811. The molecule has 0 aliphatic carbocycles. The monoisotopic (exact) mass is 404 g/mol. The average Bonchev–Trinajstić information content (AvgIpc) is 3.11. The van der Waals surface area contributed by atoms with E-state index >= 15 is 0 Å². The number of hydrogen-bond acceptors (Lipinski definition) is 8. The van der Waals surface area contributed by atoms with E-state index in [1.54, 1.807) is 0 Å². The normalized spacial score (nSPS) is 15.9. The second kappa shape index (κ2) is 7.34. The predicted octanol–water partition coefficient (Wildman–Crippen LogP) is 0.200. The van der Waals surface area contributed by atoms with Crippen LogP contribution in [0.25, 0.3) is 0 Å². The first-order valence-corrected chi connectivity index (χ1v) is 8.54. The molecular formula is C18H20N4O7. The quantitative estimate of drug-likeness (QED) is 0.660. The van der Waals surface area contributed by atoms with E-state index in [-0.39, 0.29) is 34.9 Å². The first-order valence-electron chi connectivity index (χ1n) is 8.54. The van der Waals surface area contributed by atoms with Crippen molar-refractivity contribution in [3.63, 3.8) is 0 Å². The van der Waals surface area contributed by atoms with Crippen LogP contribution in [0.3, 0.4) is 0 Å². The number of hydrazone groups is 1. The van der Waals surface area contributed by atoms with E-state index in [1.165, 1.54) is 40.3 Å². The molecule has 11 nitrogen and oxygen atoms in total.